The van der Waals surface area contributed by atoms with Crippen LogP contribution in [0.5, 0.6) is 0 Å². The monoisotopic (exact) mass is 327 g/mol. The van der Waals surface area contributed by atoms with Crippen molar-refractivity contribution in [1.29, 1.82) is 0 Å². The molecule has 2 rings (SSSR count). The van der Waals surface area contributed by atoms with Crippen molar-refractivity contribution in [3.05, 3.63) is 34.3 Å². The summed E-state index contributed by atoms with van der Waals surface area (Å²) >= 11 is 3.45. The Morgan fingerprint density at radius 2 is 1.89 bits per heavy atom. The molecular formula is C15H22BrNO2. The molecule has 1 heterocycles. The fourth-order valence-corrected chi connectivity index (χ4v) is 2.96. The fourth-order valence-electron chi connectivity index (χ4n) is 2.70. The quantitative estimate of drug-likeness (QED) is 0.902. The van der Waals surface area contributed by atoms with Crippen LogP contribution < -0.4 is 0 Å². The van der Waals surface area contributed by atoms with E-state index in [2.05, 4.69) is 52.1 Å². The van der Waals surface area contributed by atoms with Crippen LogP contribution in [0.4, 0.5) is 0 Å². The number of rotatable bonds is 5. The van der Waals surface area contributed by atoms with Crippen molar-refractivity contribution in [3.8, 4) is 0 Å². The van der Waals surface area contributed by atoms with Crippen LogP contribution in [-0.4, -0.2) is 43.4 Å². The molecule has 0 aliphatic carbocycles. The molecule has 0 bridgehead atoms. The summed E-state index contributed by atoms with van der Waals surface area (Å²) in [6, 6.07) is 8.41. The van der Waals surface area contributed by atoms with Crippen LogP contribution >= 0.6 is 15.9 Å². The molecule has 4 heteroatoms. The van der Waals surface area contributed by atoms with Gasteiger partial charge in [-0.25, -0.2) is 0 Å². The number of aliphatic hydroxyl groups excluding tert-OH is 1. The second kappa shape index (κ2) is 6.84. The molecule has 0 unspecified atom stereocenters. The molecule has 1 N–H and O–H groups in total. The Labute approximate surface area is 123 Å². The van der Waals surface area contributed by atoms with Gasteiger partial charge < -0.3 is 14.7 Å². The molecule has 1 aromatic rings. The van der Waals surface area contributed by atoms with Gasteiger partial charge in [0.25, 0.3) is 0 Å². The summed E-state index contributed by atoms with van der Waals surface area (Å²) in [7, 11) is 2.12. The lowest BCUT2D eigenvalue weighted by molar-refractivity contribution is -0.0318. The van der Waals surface area contributed by atoms with Gasteiger partial charge in [-0.05, 0) is 37.6 Å². The third kappa shape index (κ3) is 4.28. The van der Waals surface area contributed by atoms with E-state index in [0.29, 0.717) is 0 Å². The maximum absolute atomic E-state index is 9.70. The SMILES string of the molecule is CN(Cc1ccc(Br)cc1)CC1(CO)CCOCC1. The van der Waals surface area contributed by atoms with Crippen LogP contribution in [0, 0.1) is 5.41 Å². The fraction of sp³-hybridized carbons (Fsp3) is 0.600. The number of nitrogens with zero attached hydrogens (tertiary/aromatic N) is 1. The van der Waals surface area contributed by atoms with Crippen LogP contribution in [0.1, 0.15) is 18.4 Å². The second-order valence-electron chi connectivity index (χ2n) is 5.57. The van der Waals surface area contributed by atoms with Crippen molar-refractivity contribution in [2.24, 2.45) is 5.41 Å². The van der Waals surface area contributed by atoms with Gasteiger partial charge in [-0.1, -0.05) is 28.1 Å². The molecule has 106 valence electrons. The molecule has 1 saturated heterocycles. The highest BCUT2D eigenvalue weighted by Gasteiger charge is 2.33. The van der Waals surface area contributed by atoms with E-state index in [1.807, 2.05) is 0 Å². The Kier molecular flexibility index (Phi) is 5.39. The first-order valence-corrected chi connectivity index (χ1v) is 7.54. The molecule has 0 radical (unpaired) electrons. The van der Waals surface area contributed by atoms with Gasteiger partial charge in [0.2, 0.25) is 0 Å². The van der Waals surface area contributed by atoms with Crippen LogP contribution in [0.3, 0.4) is 0 Å². The van der Waals surface area contributed by atoms with Crippen molar-refractivity contribution in [2.75, 3.05) is 33.4 Å². The van der Waals surface area contributed by atoms with Gasteiger partial charge in [0.1, 0.15) is 0 Å². The molecule has 3 nitrogen and oxygen atoms in total. The Morgan fingerprint density at radius 3 is 2.47 bits per heavy atom. The molecule has 1 aromatic carbocycles. The Balaban J connectivity index is 1.92. The van der Waals surface area contributed by atoms with E-state index in [1.165, 1.54) is 5.56 Å². The highest BCUT2D eigenvalue weighted by atomic mass is 79.9. The minimum absolute atomic E-state index is 0.0162. The maximum atomic E-state index is 9.70. The number of halogens is 1. The van der Waals surface area contributed by atoms with Crippen molar-refractivity contribution in [2.45, 2.75) is 19.4 Å². The number of benzene rings is 1. The van der Waals surface area contributed by atoms with Crippen molar-refractivity contribution >= 4 is 15.9 Å². The zero-order chi connectivity index (χ0) is 13.7. The summed E-state index contributed by atoms with van der Waals surface area (Å²) in [6.07, 6.45) is 1.91. The smallest absolute Gasteiger partial charge is 0.0501 e. The largest absolute Gasteiger partial charge is 0.396 e. The molecule has 0 aromatic heterocycles. The molecule has 0 saturated carbocycles. The molecule has 1 fully saturated rings. The summed E-state index contributed by atoms with van der Waals surface area (Å²) < 4.78 is 6.51. The van der Waals surface area contributed by atoms with Crippen LogP contribution in [0.25, 0.3) is 0 Å². The molecule has 19 heavy (non-hydrogen) atoms. The second-order valence-corrected chi connectivity index (χ2v) is 6.48. The standard InChI is InChI=1S/C15H22BrNO2/c1-17(10-13-2-4-14(16)5-3-13)11-15(12-18)6-8-19-9-7-15/h2-5,18H,6-12H2,1H3. The van der Waals surface area contributed by atoms with Crippen LogP contribution in [0.2, 0.25) is 0 Å². The number of hydrogen-bond acceptors (Lipinski definition) is 3. The average molecular weight is 328 g/mol. The first-order chi connectivity index (χ1) is 9.13. The third-order valence-corrected chi connectivity index (χ3v) is 4.39. The van der Waals surface area contributed by atoms with E-state index in [-0.39, 0.29) is 12.0 Å². The first-order valence-electron chi connectivity index (χ1n) is 6.75. The van der Waals surface area contributed by atoms with Gasteiger partial charge in [-0.15, -0.1) is 0 Å². The Hall–Kier alpha value is -0.420. The molecule has 0 atom stereocenters. The lowest BCUT2D eigenvalue weighted by Crippen LogP contribution is -2.42. The van der Waals surface area contributed by atoms with E-state index >= 15 is 0 Å². The molecule has 1 aliphatic heterocycles. The normalized spacial score (nSPS) is 18.7. The summed E-state index contributed by atoms with van der Waals surface area (Å²) in [5, 5.41) is 9.70. The zero-order valence-electron chi connectivity index (χ0n) is 11.4. The maximum Gasteiger partial charge on any atom is 0.0501 e. The highest BCUT2D eigenvalue weighted by molar-refractivity contribution is 9.10. The summed E-state index contributed by atoms with van der Waals surface area (Å²) in [6.45, 7) is 3.62. The van der Waals surface area contributed by atoms with Crippen molar-refractivity contribution < 1.29 is 9.84 Å². The Bertz CT molecular complexity index is 388. The lowest BCUT2D eigenvalue weighted by atomic mass is 9.80. The summed E-state index contributed by atoms with van der Waals surface area (Å²) in [5.74, 6) is 0. The van der Waals surface area contributed by atoms with Gasteiger partial charge >= 0.3 is 0 Å². The predicted octanol–water partition coefficient (Wildman–Crippen LogP) is 2.67. The molecular weight excluding hydrogens is 306 g/mol. The van der Waals surface area contributed by atoms with Gasteiger partial charge in [0.15, 0.2) is 0 Å². The number of ether oxygens (including phenoxy) is 1. The van der Waals surface area contributed by atoms with Crippen molar-refractivity contribution in [3.63, 3.8) is 0 Å². The molecule has 1 aliphatic rings. The zero-order valence-corrected chi connectivity index (χ0v) is 13.0. The van der Waals surface area contributed by atoms with E-state index in [4.69, 9.17) is 4.74 Å². The van der Waals surface area contributed by atoms with Crippen molar-refractivity contribution in [1.82, 2.24) is 4.90 Å². The van der Waals surface area contributed by atoms with Gasteiger partial charge in [-0.3, -0.25) is 0 Å². The van der Waals surface area contributed by atoms with Gasteiger partial charge in [-0.2, -0.15) is 0 Å². The minimum Gasteiger partial charge on any atom is -0.396 e. The van der Waals surface area contributed by atoms with Crippen LogP contribution in [0.15, 0.2) is 28.7 Å². The summed E-state index contributed by atoms with van der Waals surface area (Å²) in [4.78, 5) is 2.30. The van der Waals surface area contributed by atoms with E-state index in [9.17, 15) is 5.11 Å². The van der Waals surface area contributed by atoms with E-state index in [1.54, 1.807) is 0 Å². The Morgan fingerprint density at radius 1 is 1.26 bits per heavy atom. The van der Waals surface area contributed by atoms with Gasteiger partial charge in [0, 0.05) is 36.2 Å². The first kappa shape index (κ1) is 15.0. The van der Waals surface area contributed by atoms with E-state index in [0.717, 1.165) is 43.6 Å². The van der Waals surface area contributed by atoms with Gasteiger partial charge in [0.05, 0.1) is 6.61 Å². The number of hydrogen-bond donors (Lipinski definition) is 1. The predicted molar refractivity (Wildman–Crippen MR) is 80.0 cm³/mol. The number of aliphatic hydroxyl groups is 1. The summed E-state index contributed by atoms with van der Waals surface area (Å²) in [5.41, 5.74) is 1.31. The third-order valence-electron chi connectivity index (χ3n) is 3.86. The molecule has 0 amide bonds. The molecule has 0 spiro atoms. The van der Waals surface area contributed by atoms with E-state index < -0.39 is 0 Å². The lowest BCUT2D eigenvalue weighted by Gasteiger charge is -2.38. The minimum atomic E-state index is 0.0162. The highest BCUT2D eigenvalue weighted by Crippen LogP contribution is 2.31. The topological polar surface area (TPSA) is 32.7 Å². The van der Waals surface area contributed by atoms with Crippen LogP contribution in [-0.2, 0) is 11.3 Å². The average Bonchev–Trinajstić information content (AvgIpc) is 2.42.